The highest BCUT2D eigenvalue weighted by molar-refractivity contribution is 5.34. The summed E-state index contributed by atoms with van der Waals surface area (Å²) < 4.78 is 0. The molecule has 0 aromatic heterocycles. The molecule has 4 saturated carbocycles. The maximum atomic E-state index is 10.9. The molecular formula is C30H50O4. The van der Waals surface area contributed by atoms with E-state index in [1.54, 1.807) is 0 Å². The molecule has 0 radical (unpaired) electrons. The highest BCUT2D eigenvalue weighted by Gasteiger charge is 2.69. The molecule has 0 aromatic rings. The second-order valence-electron chi connectivity index (χ2n) is 15.0. The molecule has 4 nitrogen and oxygen atoms in total. The minimum atomic E-state index is -1.25. The summed E-state index contributed by atoms with van der Waals surface area (Å²) in [6.07, 6.45) is 10.9. The first kappa shape index (κ1) is 25.2. The Bertz CT molecular complexity index is 864. The van der Waals surface area contributed by atoms with Crippen molar-refractivity contribution in [1.82, 2.24) is 0 Å². The zero-order valence-electron chi connectivity index (χ0n) is 22.5. The summed E-state index contributed by atoms with van der Waals surface area (Å²) in [5, 5.41) is 42.7. The van der Waals surface area contributed by atoms with Gasteiger partial charge in [0.25, 0.3) is 0 Å². The van der Waals surface area contributed by atoms with Gasteiger partial charge in [0.05, 0.1) is 12.7 Å². The van der Waals surface area contributed by atoms with Crippen molar-refractivity contribution in [2.45, 2.75) is 118 Å². The summed E-state index contributed by atoms with van der Waals surface area (Å²) in [5.41, 5.74) is 1.25. The van der Waals surface area contributed by atoms with Gasteiger partial charge >= 0.3 is 0 Å². The molecule has 0 spiro atoms. The van der Waals surface area contributed by atoms with Gasteiger partial charge in [-0.2, -0.15) is 0 Å². The molecule has 9 atom stereocenters. The first-order valence-corrected chi connectivity index (χ1v) is 14.1. The summed E-state index contributed by atoms with van der Waals surface area (Å²) in [7, 11) is 0. The zero-order chi connectivity index (χ0) is 24.9. The molecule has 4 N–H and O–H groups in total. The number of fused-ring (bicyclic) bond motifs is 7. The maximum absolute atomic E-state index is 10.9. The number of hydrogen-bond acceptors (Lipinski definition) is 4. The summed E-state index contributed by atoms with van der Waals surface area (Å²) in [5.74, 6) is 1.10. The third-order valence-electron chi connectivity index (χ3n) is 13.3. The van der Waals surface area contributed by atoms with Crippen molar-refractivity contribution in [3.05, 3.63) is 11.6 Å². The minimum absolute atomic E-state index is 0.0598. The van der Waals surface area contributed by atoms with Crippen LogP contribution in [0.1, 0.15) is 106 Å². The molecule has 1 unspecified atom stereocenters. The average molecular weight is 475 g/mol. The van der Waals surface area contributed by atoms with Crippen LogP contribution in [-0.4, -0.2) is 39.4 Å². The first-order valence-electron chi connectivity index (χ1n) is 14.1. The van der Waals surface area contributed by atoms with Crippen molar-refractivity contribution in [2.75, 3.05) is 6.61 Å². The number of aliphatic hydroxyl groups excluding tert-OH is 3. The van der Waals surface area contributed by atoms with Gasteiger partial charge in [0.1, 0.15) is 0 Å². The van der Waals surface area contributed by atoms with E-state index in [0.717, 1.165) is 64.2 Å². The third kappa shape index (κ3) is 2.98. The highest BCUT2D eigenvalue weighted by atomic mass is 16.5. The largest absolute Gasteiger partial charge is 0.396 e. The van der Waals surface area contributed by atoms with E-state index >= 15 is 0 Å². The van der Waals surface area contributed by atoms with Crippen LogP contribution in [0.4, 0.5) is 0 Å². The van der Waals surface area contributed by atoms with Crippen LogP contribution < -0.4 is 0 Å². The topological polar surface area (TPSA) is 80.9 Å². The van der Waals surface area contributed by atoms with Gasteiger partial charge in [-0.05, 0) is 104 Å². The molecule has 4 heteroatoms. The van der Waals surface area contributed by atoms with Crippen LogP contribution in [-0.2, 0) is 0 Å². The Labute approximate surface area is 207 Å². The van der Waals surface area contributed by atoms with E-state index in [9.17, 15) is 20.4 Å². The fraction of sp³-hybridized carbons (Fsp3) is 0.933. The van der Waals surface area contributed by atoms with Crippen LogP contribution >= 0.6 is 0 Å². The Morgan fingerprint density at radius 2 is 1.56 bits per heavy atom. The molecule has 0 aliphatic heterocycles. The molecule has 0 aromatic carbocycles. The van der Waals surface area contributed by atoms with Crippen LogP contribution in [0.3, 0.4) is 0 Å². The molecule has 0 bridgehead atoms. The Balaban J connectivity index is 1.59. The van der Waals surface area contributed by atoms with Gasteiger partial charge in [-0.1, -0.05) is 53.2 Å². The summed E-state index contributed by atoms with van der Waals surface area (Å²) in [6.45, 7) is 14.4. The van der Waals surface area contributed by atoms with E-state index in [1.807, 2.05) is 0 Å². The smallest absolute Gasteiger partial charge is 0.157 e. The summed E-state index contributed by atoms with van der Waals surface area (Å²) in [6, 6.07) is 0. The van der Waals surface area contributed by atoms with E-state index in [4.69, 9.17) is 0 Å². The summed E-state index contributed by atoms with van der Waals surface area (Å²) in [4.78, 5) is 0. The SMILES string of the molecule is CC1(C)CC[C@]2(C(O)O)CC[C@]3(C)C(=CC[C@@H]4[C@@]5(C)CC[C@H](O)C(C)(CO)[C@@H]5CC[C@]43C)[C@@H]2C1. The standard InChI is InChI=1S/C30H50O4/c1-25(2)13-15-30(24(33)34)16-14-28(5)19(20(30)17-25)7-8-22-26(3)11-10-23(32)27(4,18-31)21(26)9-12-29(22,28)6/h7,20-24,31-34H,8-18H2,1-6H3/t20-,21+,22+,23-,26-,27?,28+,29+,30-/m0/s1. The monoisotopic (exact) mass is 474 g/mol. The lowest BCUT2D eigenvalue weighted by Crippen LogP contribution is -2.66. The van der Waals surface area contributed by atoms with Crippen molar-refractivity contribution in [2.24, 2.45) is 50.2 Å². The van der Waals surface area contributed by atoms with Gasteiger partial charge < -0.3 is 20.4 Å². The van der Waals surface area contributed by atoms with Gasteiger partial charge in [0.2, 0.25) is 0 Å². The van der Waals surface area contributed by atoms with Crippen LogP contribution in [0.2, 0.25) is 0 Å². The van der Waals surface area contributed by atoms with Crippen LogP contribution in [0, 0.1) is 50.2 Å². The van der Waals surface area contributed by atoms with Crippen molar-refractivity contribution in [3.8, 4) is 0 Å². The lowest BCUT2D eigenvalue weighted by Gasteiger charge is -2.71. The molecular weight excluding hydrogens is 424 g/mol. The molecule has 5 aliphatic rings. The number of hydrogen-bond donors (Lipinski definition) is 4. The number of aliphatic hydroxyl groups is 4. The second-order valence-corrected chi connectivity index (χ2v) is 15.0. The zero-order valence-corrected chi connectivity index (χ0v) is 22.5. The number of rotatable bonds is 2. The number of allylic oxidation sites excluding steroid dienone is 2. The molecule has 34 heavy (non-hydrogen) atoms. The normalized spacial score (nSPS) is 54.4. The summed E-state index contributed by atoms with van der Waals surface area (Å²) >= 11 is 0. The van der Waals surface area contributed by atoms with Gasteiger partial charge in [-0.3, -0.25) is 0 Å². The highest BCUT2D eigenvalue weighted by Crippen LogP contribution is 2.75. The first-order chi connectivity index (χ1) is 15.7. The average Bonchev–Trinajstić information content (AvgIpc) is 2.76. The molecule has 4 fully saturated rings. The van der Waals surface area contributed by atoms with Gasteiger partial charge in [0, 0.05) is 10.8 Å². The molecule has 0 heterocycles. The third-order valence-corrected chi connectivity index (χ3v) is 13.3. The Morgan fingerprint density at radius 1 is 0.882 bits per heavy atom. The van der Waals surface area contributed by atoms with Gasteiger partial charge in [-0.15, -0.1) is 0 Å². The Hall–Kier alpha value is -0.420. The molecule has 5 aliphatic carbocycles. The fourth-order valence-corrected chi connectivity index (χ4v) is 10.8. The minimum Gasteiger partial charge on any atom is -0.396 e. The molecule has 0 amide bonds. The second kappa shape index (κ2) is 7.55. The van der Waals surface area contributed by atoms with Crippen LogP contribution in [0.15, 0.2) is 11.6 Å². The molecule has 194 valence electrons. The van der Waals surface area contributed by atoms with E-state index in [2.05, 4.69) is 47.6 Å². The predicted molar refractivity (Wildman–Crippen MR) is 135 cm³/mol. The quantitative estimate of drug-likeness (QED) is 0.318. The molecule has 5 rings (SSSR count). The van der Waals surface area contributed by atoms with Gasteiger partial charge in [0.15, 0.2) is 6.29 Å². The Kier molecular flexibility index (Phi) is 5.61. The van der Waals surface area contributed by atoms with Gasteiger partial charge in [-0.25, -0.2) is 0 Å². The van der Waals surface area contributed by atoms with Crippen molar-refractivity contribution < 1.29 is 20.4 Å². The maximum Gasteiger partial charge on any atom is 0.157 e. The van der Waals surface area contributed by atoms with E-state index in [0.29, 0.717) is 11.8 Å². The van der Waals surface area contributed by atoms with E-state index in [1.165, 1.54) is 5.57 Å². The predicted octanol–water partition coefficient (Wildman–Crippen LogP) is 5.43. The van der Waals surface area contributed by atoms with E-state index in [-0.39, 0.29) is 34.2 Å². The van der Waals surface area contributed by atoms with Crippen molar-refractivity contribution >= 4 is 0 Å². The lowest BCUT2D eigenvalue weighted by atomic mass is 9.33. The fourth-order valence-electron chi connectivity index (χ4n) is 10.8. The van der Waals surface area contributed by atoms with Crippen LogP contribution in [0.25, 0.3) is 0 Å². The van der Waals surface area contributed by atoms with Crippen molar-refractivity contribution in [1.29, 1.82) is 0 Å². The van der Waals surface area contributed by atoms with Crippen LogP contribution in [0.5, 0.6) is 0 Å². The Morgan fingerprint density at radius 3 is 2.21 bits per heavy atom. The van der Waals surface area contributed by atoms with E-state index < -0.39 is 23.2 Å². The molecule has 0 saturated heterocycles. The van der Waals surface area contributed by atoms with Crippen molar-refractivity contribution in [3.63, 3.8) is 0 Å². The lowest BCUT2D eigenvalue weighted by molar-refractivity contribution is -0.231.